The second kappa shape index (κ2) is 5.85. The summed E-state index contributed by atoms with van der Waals surface area (Å²) in [5, 5.41) is 6.75. The number of nitrogens with one attached hydrogen (secondary N) is 1. The van der Waals surface area contributed by atoms with Crippen molar-refractivity contribution < 1.29 is 0 Å². The Morgan fingerprint density at radius 2 is 1.79 bits per heavy atom. The van der Waals surface area contributed by atoms with Gasteiger partial charge in [0.15, 0.2) is 0 Å². The third-order valence-corrected chi connectivity index (χ3v) is 4.34. The molecule has 1 atom stereocenters. The highest BCUT2D eigenvalue weighted by Gasteiger charge is 2.16. The van der Waals surface area contributed by atoms with Crippen LogP contribution in [0.15, 0.2) is 17.5 Å². The van der Waals surface area contributed by atoms with Crippen molar-refractivity contribution in [2.75, 3.05) is 7.05 Å². The zero-order valence-electron chi connectivity index (χ0n) is 12.4. The van der Waals surface area contributed by atoms with Crippen molar-refractivity contribution in [1.82, 2.24) is 10.3 Å². The van der Waals surface area contributed by atoms with Gasteiger partial charge in [-0.3, -0.25) is 0 Å². The van der Waals surface area contributed by atoms with E-state index < -0.39 is 0 Å². The van der Waals surface area contributed by atoms with Gasteiger partial charge in [0.2, 0.25) is 0 Å². The first kappa shape index (κ1) is 14.2. The fourth-order valence-electron chi connectivity index (χ4n) is 2.80. The lowest BCUT2D eigenvalue weighted by Gasteiger charge is -2.21. The van der Waals surface area contributed by atoms with E-state index in [1.165, 1.54) is 27.9 Å². The molecule has 3 heteroatoms. The Balaban J connectivity index is 2.32. The second-order valence-electron chi connectivity index (χ2n) is 5.22. The van der Waals surface area contributed by atoms with E-state index in [-0.39, 0.29) is 0 Å². The van der Waals surface area contributed by atoms with Gasteiger partial charge in [0.25, 0.3) is 0 Å². The standard InChI is InChI=1S/C16H22N2S/c1-10-6-11(2)16(12(3)7-10)15(17-5)8-14-9-19-13(4)18-14/h6-7,9,15,17H,8H2,1-5H3. The van der Waals surface area contributed by atoms with Crippen LogP contribution >= 0.6 is 11.3 Å². The monoisotopic (exact) mass is 274 g/mol. The average Bonchev–Trinajstić information content (AvgIpc) is 2.72. The van der Waals surface area contributed by atoms with Crippen LogP contribution in [0.25, 0.3) is 0 Å². The van der Waals surface area contributed by atoms with Crippen molar-refractivity contribution >= 4 is 11.3 Å². The molecule has 0 saturated carbocycles. The number of thiazole rings is 1. The largest absolute Gasteiger partial charge is 0.313 e. The van der Waals surface area contributed by atoms with Crippen LogP contribution in [0.4, 0.5) is 0 Å². The highest BCUT2D eigenvalue weighted by atomic mass is 32.1. The van der Waals surface area contributed by atoms with E-state index in [0.29, 0.717) is 6.04 Å². The summed E-state index contributed by atoms with van der Waals surface area (Å²) >= 11 is 1.72. The van der Waals surface area contributed by atoms with Crippen molar-refractivity contribution in [1.29, 1.82) is 0 Å². The molecule has 1 unspecified atom stereocenters. The molecule has 0 aliphatic heterocycles. The van der Waals surface area contributed by atoms with Gasteiger partial charge >= 0.3 is 0 Å². The van der Waals surface area contributed by atoms with Crippen LogP contribution in [0.1, 0.15) is 39.0 Å². The first-order valence-electron chi connectivity index (χ1n) is 6.67. The van der Waals surface area contributed by atoms with E-state index in [1.807, 2.05) is 7.05 Å². The minimum atomic E-state index is 0.335. The second-order valence-corrected chi connectivity index (χ2v) is 6.28. The molecular formula is C16H22N2S. The molecule has 19 heavy (non-hydrogen) atoms. The molecule has 0 spiro atoms. The zero-order chi connectivity index (χ0) is 14.0. The summed E-state index contributed by atoms with van der Waals surface area (Å²) in [6, 6.07) is 4.86. The molecule has 2 rings (SSSR count). The molecule has 1 N–H and O–H groups in total. The van der Waals surface area contributed by atoms with Crippen LogP contribution in [0.5, 0.6) is 0 Å². The van der Waals surface area contributed by atoms with Crippen molar-refractivity contribution in [3.05, 3.63) is 50.5 Å². The summed E-state index contributed by atoms with van der Waals surface area (Å²) in [6.07, 6.45) is 0.950. The minimum Gasteiger partial charge on any atom is -0.313 e. The lowest BCUT2D eigenvalue weighted by Crippen LogP contribution is -2.21. The Bertz CT molecular complexity index is 549. The predicted octanol–water partition coefficient (Wildman–Crippen LogP) is 3.88. The van der Waals surface area contributed by atoms with Crippen LogP contribution in [0.3, 0.4) is 0 Å². The SMILES string of the molecule is CNC(Cc1csc(C)n1)c1c(C)cc(C)cc1C. The number of nitrogens with zero attached hydrogens (tertiary/aromatic N) is 1. The molecule has 1 aromatic carbocycles. The third kappa shape index (κ3) is 3.23. The number of aryl methyl sites for hydroxylation is 4. The van der Waals surface area contributed by atoms with E-state index in [1.54, 1.807) is 11.3 Å². The summed E-state index contributed by atoms with van der Waals surface area (Å²) < 4.78 is 0. The molecule has 0 fully saturated rings. The molecule has 0 radical (unpaired) electrons. The maximum Gasteiger partial charge on any atom is 0.0897 e. The summed E-state index contributed by atoms with van der Waals surface area (Å²) in [5.74, 6) is 0. The van der Waals surface area contributed by atoms with Crippen molar-refractivity contribution in [2.24, 2.45) is 0 Å². The molecule has 0 saturated heterocycles. The number of rotatable bonds is 4. The van der Waals surface area contributed by atoms with E-state index in [4.69, 9.17) is 0 Å². The number of aromatic nitrogens is 1. The Morgan fingerprint density at radius 1 is 1.16 bits per heavy atom. The Morgan fingerprint density at radius 3 is 2.26 bits per heavy atom. The van der Waals surface area contributed by atoms with E-state index in [0.717, 1.165) is 11.4 Å². The Kier molecular flexibility index (Phi) is 4.38. The molecule has 2 nitrogen and oxygen atoms in total. The quantitative estimate of drug-likeness (QED) is 0.915. The number of likely N-dealkylation sites (N-methyl/N-ethyl adjacent to an activating group) is 1. The first-order chi connectivity index (χ1) is 9.01. The highest BCUT2D eigenvalue weighted by Crippen LogP contribution is 2.26. The van der Waals surface area contributed by atoms with Crippen LogP contribution in [-0.4, -0.2) is 12.0 Å². The van der Waals surface area contributed by atoms with Crippen LogP contribution in [0, 0.1) is 27.7 Å². The maximum absolute atomic E-state index is 4.58. The van der Waals surface area contributed by atoms with Gasteiger partial charge in [0.1, 0.15) is 0 Å². The van der Waals surface area contributed by atoms with E-state index in [9.17, 15) is 0 Å². The van der Waals surface area contributed by atoms with Crippen LogP contribution < -0.4 is 5.32 Å². The number of hydrogen-bond acceptors (Lipinski definition) is 3. The summed E-state index contributed by atoms with van der Waals surface area (Å²) in [4.78, 5) is 4.58. The fourth-order valence-corrected chi connectivity index (χ4v) is 3.43. The van der Waals surface area contributed by atoms with Crippen LogP contribution in [-0.2, 0) is 6.42 Å². The first-order valence-corrected chi connectivity index (χ1v) is 7.55. The van der Waals surface area contributed by atoms with Gasteiger partial charge in [-0.25, -0.2) is 4.98 Å². The van der Waals surface area contributed by atoms with E-state index >= 15 is 0 Å². The van der Waals surface area contributed by atoms with Gasteiger partial charge in [-0.05, 0) is 51.4 Å². The van der Waals surface area contributed by atoms with Crippen molar-refractivity contribution in [3.63, 3.8) is 0 Å². The molecular weight excluding hydrogens is 252 g/mol. The van der Waals surface area contributed by atoms with Gasteiger partial charge < -0.3 is 5.32 Å². The highest BCUT2D eigenvalue weighted by molar-refractivity contribution is 7.09. The minimum absolute atomic E-state index is 0.335. The Hall–Kier alpha value is -1.19. The van der Waals surface area contributed by atoms with Crippen molar-refractivity contribution in [3.8, 4) is 0 Å². The number of hydrogen-bond donors (Lipinski definition) is 1. The fraction of sp³-hybridized carbons (Fsp3) is 0.438. The number of benzene rings is 1. The van der Waals surface area contributed by atoms with Gasteiger partial charge in [0, 0.05) is 17.8 Å². The summed E-state index contributed by atoms with van der Waals surface area (Å²) in [5.41, 5.74) is 6.66. The maximum atomic E-state index is 4.58. The molecule has 1 aromatic heterocycles. The smallest absolute Gasteiger partial charge is 0.0897 e. The summed E-state index contributed by atoms with van der Waals surface area (Å²) in [6.45, 7) is 8.62. The van der Waals surface area contributed by atoms with Gasteiger partial charge in [0.05, 0.1) is 10.7 Å². The normalized spacial score (nSPS) is 12.7. The molecule has 2 aromatic rings. The molecule has 0 aliphatic carbocycles. The van der Waals surface area contributed by atoms with Crippen molar-refractivity contribution in [2.45, 2.75) is 40.2 Å². The molecule has 0 aliphatic rings. The molecule has 0 bridgehead atoms. The summed E-state index contributed by atoms with van der Waals surface area (Å²) in [7, 11) is 2.03. The molecule has 1 heterocycles. The van der Waals surface area contributed by atoms with Crippen LogP contribution in [0.2, 0.25) is 0 Å². The lowest BCUT2D eigenvalue weighted by atomic mass is 9.92. The van der Waals surface area contributed by atoms with Gasteiger partial charge in [-0.15, -0.1) is 11.3 Å². The Labute approximate surface area is 119 Å². The zero-order valence-corrected chi connectivity index (χ0v) is 13.2. The third-order valence-electron chi connectivity index (χ3n) is 3.51. The van der Waals surface area contributed by atoms with E-state index in [2.05, 4.69) is 55.5 Å². The predicted molar refractivity (Wildman–Crippen MR) is 83.0 cm³/mol. The molecule has 0 amide bonds. The van der Waals surface area contributed by atoms with Gasteiger partial charge in [-0.1, -0.05) is 17.7 Å². The average molecular weight is 274 g/mol. The van der Waals surface area contributed by atoms with Gasteiger partial charge in [-0.2, -0.15) is 0 Å². The topological polar surface area (TPSA) is 24.9 Å². The lowest BCUT2D eigenvalue weighted by molar-refractivity contribution is 0.579. The molecule has 102 valence electrons.